The Kier molecular flexibility index (Phi) is 5.51. The molecule has 2 heteroatoms. The number of nitrogens with one attached hydrogen (secondary N) is 1. The molecule has 2 atom stereocenters. The summed E-state index contributed by atoms with van der Waals surface area (Å²) in [5.74, 6) is 2.49. The quantitative estimate of drug-likeness (QED) is 0.785. The fraction of sp³-hybridized carbons (Fsp3) is 1.00. The van der Waals surface area contributed by atoms with Crippen LogP contribution >= 0.6 is 11.8 Å². The third-order valence-corrected chi connectivity index (χ3v) is 5.85. The topological polar surface area (TPSA) is 12.0 Å². The highest BCUT2D eigenvalue weighted by molar-refractivity contribution is 7.99. The van der Waals surface area contributed by atoms with Gasteiger partial charge < -0.3 is 5.32 Å². The summed E-state index contributed by atoms with van der Waals surface area (Å²) in [4.78, 5) is 0. The van der Waals surface area contributed by atoms with Crippen molar-refractivity contribution in [3.8, 4) is 0 Å². The maximum atomic E-state index is 3.69. The Morgan fingerprint density at radius 3 is 2.44 bits per heavy atom. The molecule has 1 nitrogen and oxygen atoms in total. The molecular weight excluding hydrogens is 214 g/mol. The second-order valence-corrected chi connectivity index (χ2v) is 6.74. The Morgan fingerprint density at radius 2 is 1.69 bits per heavy atom. The van der Waals surface area contributed by atoms with E-state index in [0.29, 0.717) is 0 Å². The summed E-state index contributed by atoms with van der Waals surface area (Å²) >= 11 is 2.28. The Labute approximate surface area is 105 Å². The minimum Gasteiger partial charge on any atom is -0.313 e. The lowest BCUT2D eigenvalue weighted by Crippen LogP contribution is -2.40. The van der Waals surface area contributed by atoms with Crippen LogP contribution in [0, 0.1) is 5.92 Å². The van der Waals surface area contributed by atoms with Crippen LogP contribution in [0.1, 0.15) is 58.3 Å². The fourth-order valence-electron chi connectivity index (χ4n) is 3.23. The van der Waals surface area contributed by atoms with Crippen LogP contribution in [0.3, 0.4) is 0 Å². The molecule has 16 heavy (non-hydrogen) atoms. The zero-order valence-electron chi connectivity index (χ0n) is 10.7. The molecule has 0 amide bonds. The minimum atomic E-state index is 0.810. The smallest absolute Gasteiger partial charge is 0.0201 e. The Morgan fingerprint density at radius 1 is 1.00 bits per heavy atom. The Balaban J connectivity index is 1.72. The summed E-state index contributed by atoms with van der Waals surface area (Å²) in [6.07, 6.45) is 11.8. The van der Waals surface area contributed by atoms with Gasteiger partial charge in [0.05, 0.1) is 0 Å². The van der Waals surface area contributed by atoms with E-state index in [9.17, 15) is 0 Å². The van der Waals surface area contributed by atoms with Gasteiger partial charge >= 0.3 is 0 Å². The first-order valence-corrected chi connectivity index (χ1v) is 8.30. The van der Waals surface area contributed by atoms with Crippen LogP contribution in [0.4, 0.5) is 0 Å². The first-order chi connectivity index (χ1) is 7.90. The first-order valence-electron chi connectivity index (χ1n) is 7.25. The predicted octanol–water partition coefficient (Wildman–Crippen LogP) is 3.83. The van der Waals surface area contributed by atoms with Gasteiger partial charge in [-0.25, -0.2) is 0 Å². The molecule has 0 spiro atoms. The minimum absolute atomic E-state index is 0.810. The summed E-state index contributed by atoms with van der Waals surface area (Å²) in [6, 6.07) is 0.810. The summed E-state index contributed by atoms with van der Waals surface area (Å²) in [5.41, 5.74) is 0. The molecule has 0 aromatic carbocycles. The largest absolute Gasteiger partial charge is 0.313 e. The summed E-state index contributed by atoms with van der Waals surface area (Å²) in [5, 5.41) is 4.60. The van der Waals surface area contributed by atoms with E-state index >= 15 is 0 Å². The molecule has 0 bridgehead atoms. The van der Waals surface area contributed by atoms with Crippen LogP contribution in [0.2, 0.25) is 0 Å². The average Bonchev–Trinajstić information content (AvgIpc) is 2.81. The molecular formula is C14H27NS. The zero-order chi connectivity index (χ0) is 11.2. The molecule has 1 N–H and O–H groups in total. The van der Waals surface area contributed by atoms with E-state index in [-0.39, 0.29) is 0 Å². The Bertz CT molecular complexity index is 187. The third-order valence-electron chi connectivity index (χ3n) is 4.19. The first kappa shape index (κ1) is 12.8. The van der Waals surface area contributed by atoms with Gasteiger partial charge in [0.2, 0.25) is 0 Å². The Hall–Kier alpha value is 0.310. The van der Waals surface area contributed by atoms with E-state index in [4.69, 9.17) is 0 Å². The molecule has 94 valence electrons. The number of rotatable bonds is 5. The molecule has 0 radical (unpaired) electrons. The highest BCUT2D eigenvalue weighted by Crippen LogP contribution is 2.34. The van der Waals surface area contributed by atoms with Crippen LogP contribution in [0.5, 0.6) is 0 Å². The molecule has 2 rings (SSSR count). The standard InChI is InChI=1S/C14H27NS/c1-2-15-13-9-5-6-10-14(13)16-11-12-7-3-4-8-12/h12-15H,2-11H2,1H3. The lowest BCUT2D eigenvalue weighted by Gasteiger charge is -2.32. The number of thioether (sulfide) groups is 1. The van der Waals surface area contributed by atoms with Crippen LogP contribution in [-0.2, 0) is 0 Å². The van der Waals surface area contributed by atoms with E-state index in [0.717, 1.165) is 23.8 Å². The molecule has 2 unspecified atom stereocenters. The molecule has 0 saturated heterocycles. The van der Waals surface area contributed by atoms with Crippen molar-refractivity contribution in [2.24, 2.45) is 5.92 Å². The van der Waals surface area contributed by atoms with Crippen molar-refractivity contribution >= 4 is 11.8 Å². The van der Waals surface area contributed by atoms with Crippen molar-refractivity contribution in [3.63, 3.8) is 0 Å². The maximum Gasteiger partial charge on any atom is 0.0201 e. The van der Waals surface area contributed by atoms with Crippen LogP contribution in [0.25, 0.3) is 0 Å². The highest BCUT2D eigenvalue weighted by Gasteiger charge is 2.26. The molecule has 0 aliphatic heterocycles. The van der Waals surface area contributed by atoms with E-state index in [1.165, 1.54) is 57.1 Å². The maximum absolute atomic E-state index is 3.69. The molecule has 2 saturated carbocycles. The van der Waals surface area contributed by atoms with Gasteiger partial charge in [-0.1, -0.05) is 32.6 Å². The van der Waals surface area contributed by atoms with Gasteiger partial charge in [-0.3, -0.25) is 0 Å². The number of hydrogen-bond donors (Lipinski definition) is 1. The van der Waals surface area contributed by atoms with Crippen molar-refractivity contribution in [1.82, 2.24) is 5.32 Å². The molecule has 2 aliphatic carbocycles. The van der Waals surface area contributed by atoms with Crippen molar-refractivity contribution in [1.29, 1.82) is 0 Å². The van der Waals surface area contributed by atoms with E-state index < -0.39 is 0 Å². The normalized spacial score (nSPS) is 32.1. The van der Waals surface area contributed by atoms with E-state index in [1.54, 1.807) is 0 Å². The van der Waals surface area contributed by atoms with Gasteiger partial charge in [0.15, 0.2) is 0 Å². The van der Waals surface area contributed by atoms with Gasteiger partial charge in [0.1, 0.15) is 0 Å². The van der Waals surface area contributed by atoms with E-state index in [2.05, 4.69) is 24.0 Å². The van der Waals surface area contributed by atoms with Crippen LogP contribution in [-0.4, -0.2) is 23.6 Å². The van der Waals surface area contributed by atoms with Gasteiger partial charge in [-0.05, 0) is 43.9 Å². The van der Waals surface area contributed by atoms with E-state index in [1.807, 2.05) is 0 Å². The van der Waals surface area contributed by atoms with Gasteiger partial charge in [0.25, 0.3) is 0 Å². The number of hydrogen-bond acceptors (Lipinski definition) is 2. The lowest BCUT2D eigenvalue weighted by atomic mass is 9.95. The average molecular weight is 241 g/mol. The van der Waals surface area contributed by atoms with Gasteiger partial charge in [-0.2, -0.15) is 11.8 Å². The molecule has 0 aromatic heterocycles. The molecule has 0 aromatic rings. The van der Waals surface area contributed by atoms with Crippen molar-refractivity contribution in [2.45, 2.75) is 69.6 Å². The highest BCUT2D eigenvalue weighted by atomic mass is 32.2. The van der Waals surface area contributed by atoms with Crippen molar-refractivity contribution in [2.75, 3.05) is 12.3 Å². The third kappa shape index (κ3) is 3.66. The van der Waals surface area contributed by atoms with Gasteiger partial charge in [0, 0.05) is 11.3 Å². The van der Waals surface area contributed by atoms with Crippen LogP contribution in [0.15, 0.2) is 0 Å². The molecule has 2 aliphatic rings. The predicted molar refractivity (Wildman–Crippen MR) is 74.1 cm³/mol. The molecule has 0 heterocycles. The molecule has 2 fully saturated rings. The summed E-state index contributed by atoms with van der Waals surface area (Å²) < 4.78 is 0. The zero-order valence-corrected chi connectivity index (χ0v) is 11.5. The second kappa shape index (κ2) is 6.90. The second-order valence-electron chi connectivity index (χ2n) is 5.47. The van der Waals surface area contributed by atoms with Crippen molar-refractivity contribution in [3.05, 3.63) is 0 Å². The van der Waals surface area contributed by atoms with Crippen molar-refractivity contribution < 1.29 is 0 Å². The fourth-order valence-corrected chi connectivity index (χ4v) is 4.88. The summed E-state index contributed by atoms with van der Waals surface area (Å²) in [7, 11) is 0. The van der Waals surface area contributed by atoms with Gasteiger partial charge in [-0.15, -0.1) is 0 Å². The lowest BCUT2D eigenvalue weighted by molar-refractivity contribution is 0.390. The SMILES string of the molecule is CCNC1CCCCC1SCC1CCCC1. The van der Waals surface area contributed by atoms with Crippen LogP contribution < -0.4 is 5.32 Å². The summed E-state index contributed by atoms with van der Waals surface area (Å²) in [6.45, 7) is 3.39. The monoisotopic (exact) mass is 241 g/mol.